The molecule has 3 rings (SSSR count). The van der Waals surface area contributed by atoms with E-state index in [0.717, 1.165) is 5.56 Å². The number of aliphatic carboxylic acids is 1. The quantitative estimate of drug-likeness (QED) is 0.441. The Morgan fingerprint density at radius 3 is 2.39 bits per heavy atom. The number of aromatic carboxylic acids is 1. The van der Waals surface area contributed by atoms with Gasteiger partial charge in [-0.3, -0.25) is 4.98 Å². The molecule has 2 N–H and O–H groups in total. The van der Waals surface area contributed by atoms with E-state index in [-0.39, 0.29) is 24.7 Å². The van der Waals surface area contributed by atoms with Crippen LogP contribution in [-0.4, -0.2) is 46.0 Å². The summed E-state index contributed by atoms with van der Waals surface area (Å²) in [5.41, 5.74) is 1.97. The van der Waals surface area contributed by atoms with E-state index in [9.17, 15) is 19.8 Å². The van der Waals surface area contributed by atoms with Gasteiger partial charge in [0.05, 0.1) is 22.7 Å². The van der Waals surface area contributed by atoms with Gasteiger partial charge in [0.2, 0.25) is 0 Å². The fraction of sp³-hybridized carbons (Fsp3) is 0.320. The highest BCUT2D eigenvalue weighted by Crippen LogP contribution is 2.32. The smallest absolute Gasteiger partial charge is 0.337 e. The Morgan fingerprint density at radius 1 is 1.06 bits per heavy atom. The molecule has 1 heterocycles. The standard InChI is InChI=1S/C25H27NO7/c1-4-31-21(25(29)30)12-16-8-10-18(11-9-16)32-14-17-13-26-22-19(23(17)33-15(2)3)6-5-7-20(22)24(27)28/h5-11,13,15,21H,4,12,14H2,1-3H3,(H,27,28)(H,29,30). The molecule has 0 saturated heterocycles. The zero-order chi connectivity index (χ0) is 24.0. The molecule has 1 unspecified atom stereocenters. The van der Waals surface area contributed by atoms with Gasteiger partial charge in [0.1, 0.15) is 18.1 Å². The minimum Gasteiger partial charge on any atom is -0.490 e. The van der Waals surface area contributed by atoms with Crippen LogP contribution in [0.4, 0.5) is 0 Å². The molecular weight excluding hydrogens is 426 g/mol. The Bertz CT molecular complexity index is 1130. The summed E-state index contributed by atoms with van der Waals surface area (Å²) in [5.74, 6) is -0.917. The molecule has 1 aromatic heterocycles. The van der Waals surface area contributed by atoms with Crippen LogP contribution < -0.4 is 9.47 Å². The highest BCUT2D eigenvalue weighted by atomic mass is 16.5. The highest BCUT2D eigenvalue weighted by molar-refractivity contribution is 6.03. The molecule has 0 spiro atoms. The number of aromatic nitrogens is 1. The number of ether oxygens (including phenoxy) is 3. The van der Waals surface area contributed by atoms with Crippen LogP contribution in [-0.2, 0) is 22.6 Å². The fourth-order valence-electron chi connectivity index (χ4n) is 3.41. The molecule has 33 heavy (non-hydrogen) atoms. The number of rotatable bonds is 11. The van der Waals surface area contributed by atoms with E-state index < -0.39 is 18.0 Å². The van der Waals surface area contributed by atoms with Gasteiger partial charge in [0.15, 0.2) is 6.10 Å². The van der Waals surface area contributed by atoms with Crippen molar-refractivity contribution in [1.82, 2.24) is 4.98 Å². The predicted molar refractivity (Wildman–Crippen MR) is 122 cm³/mol. The minimum atomic E-state index is -1.05. The van der Waals surface area contributed by atoms with Gasteiger partial charge in [0.25, 0.3) is 0 Å². The first-order valence-corrected chi connectivity index (χ1v) is 10.7. The number of fused-ring (bicyclic) bond motifs is 1. The Labute approximate surface area is 191 Å². The molecule has 2 aromatic carbocycles. The second-order valence-electron chi connectivity index (χ2n) is 7.71. The molecule has 0 bridgehead atoms. The van der Waals surface area contributed by atoms with Crippen molar-refractivity contribution in [1.29, 1.82) is 0 Å². The van der Waals surface area contributed by atoms with Gasteiger partial charge in [-0.15, -0.1) is 0 Å². The van der Waals surface area contributed by atoms with Crippen molar-refractivity contribution < 1.29 is 34.0 Å². The molecule has 0 saturated carbocycles. The number of carboxylic acids is 2. The average Bonchev–Trinajstić information content (AvgIpc) is 2.78. The van der Waals surface area contributed by atoms with E-state index in [4.69, 9.17) is 14.2 Å². The van der Waals surface area contributed by atoms with E-state index in [1.165, 1.54) is 6.07 Å². The van der Waals surface area contributed by atoms with Crippen molar-refractivity contribution in [2.45, 2.75) is 46.0 Å². The molecule has 0 aliphatic heterocycles. The van der Waals surface area contributed by atoms with Crippen LogP contribution >= 0.6 is 0 Å². The van der Waals surface area contributed by atoms with E-state index in [2.05, 4.69) is 4.98 Å². The molecule has 1 atom stereocenters. The number of pyridine rings is 1. The summed E-state index contributed by atoms with van der Waals surface area (Å²) in [4.78, 5) is 27.2. The first-order valence-electron chi connectivity index (χ1n) is 10.7. The van der Waals surface area contributed by atoms with Crippen molar-refractivity contribution >= 4 is 22.8 Å². The fourth-order valence-corrected chi connectivity index (χ4v) is 3.41. The zero-order valence-electron chi connectivity index (χ0n) is 18.8. The second kappa shape index (κ2) is 10.8. The first kappa shape index (κ1) is 24.0. The third-order valence-electron chi connectivity index (χ3n) is 4.89. The lowest BCUT2D eigenvalue weighted by molar-refractivity contribution is -0.149. The van der Waals surface area contributed by atoms with Gasteiger partial charge in [-0.1, -0.05) is 18.2 Å². The SMILES string of the molecule is CCOC(Cc1ccc(OCc2cnc3c(C(=O)O)cccc3c2OC(C)C)cc1)C(=O)O. The van der Waals surface area contributed by atoms with Crippen LogP contribution in [0.2, 0.25) is 0 Å². The van der Waals surface area contributed by atoms with Crippen LogP contribution in [0.3, 0.4) is 0 Å². The summed E-state index contributed by atoms with van der Waals surface area (Å²) in [6.07, 6.45) is 0.808. The van der Waals surface area contributed by atoms with Gasteiger partial charge in [-0.2, -0.15) is 0 Å². The maximum Gasteiger partial charge on any atom is 0.337 e. The molecule has 0 fully saturated rings. The number of hydrogen-bond donors (Lipinski definition) is 2. The minimum absolute atomic E-state index is 0.107. The normalized spacial score (nSPS) is 12.0. The Kier molecular flexibility index (Phi) is 7.84. The van der Waals surface area contributed by atoms with Crippen molar-refractivity contribution in [3.63, 3.8) is 0 Å². The van der Waals surface area contributed by atoms with Crippen LogP contribution in [0.1, 0.15) is 42.3 Å². The van der Waals surface area contributed by atoms with Crippen LogP contribution in [0.5, 0.6) is 11.5 Å². The summed E-state index contributed by atoms with van der Waals surface area (Å²) in [6.45, 7) is 6.03. The summed E-state index contributed by atoms with van der Waals surface area (Å²) in [6, 6.07) is 12.1. The topological polar surface area (TPSA) is 115 Å². The molecule has 3 aromatic rings. The van der Waals surface area contributed by atoms with Crippen LogP contribution in [0.25, 0.3) is 10.9 Å². The lowest BCUT2D eigenvalue weighted by atomic mass is 10.1. The van der Waals surface area contributed by atoms with E-state index in [1.807, 2.05) is 13.8 Å². The molecular formula is C25H27NO7. The van der Waals surface area contributed by atoms with Crippen molar-refractivity contribution in [3.05, 3.63) is 65.4 Å². The number of benzene rings is 2. The van der Waals surface area contributed by atoms with Gasteiger partial charge in [-0.25, -0.2) is 9.59 Å². The molecule has 0 aliphatic carbocycles. The lowest BCUT2D eigenvalue weighted by Crippen LogP contribution is -2.26. The van der Waals surface area contributed by atoms with Crippen LogP contribution in [0, 0.1) is 0 Å². The van der Waals surface area contributed by atoms with Crippen molar-refractivity contribution in [3.8, 4) is 11.5 Å². The Balaban J connectivity index is 1.80. The number of carboxylic acid groups (broad SMARTS) is 2. The summed E-state index contributed by atoms with van der Waals surface area (Å²) in [5, 5.41) is 19.3. The van der Waals surface area contributed by atoms with Gasteiger partial charge < -0.3 is 24.4 Å². The van der Waals surface area contributed by atoms with E-state index >= 15 is 0 Å². The Morgan fingerprint density at radius 2 is 1.79 bits per heavy atom. The number of para-hydroxylation sites is 1. The third-order valence-corrected chi connectivity index (χ3v) is 4.89. The molecule has 0 radical (unpaired) electrons. The van der Waals surface area contributed by atoms with E-state index in [0.29, 0.717) is 34.6 Å². The lowest BCUT2D eigenvalue weighted by Gasteiger charge is -2.17. The highest BCUT2D eigenvalue weighted by Gasteiger charge is 2.19. The molecule has 0 amide bonds. The summed E-state index contributed by atoms with van der Waals surface area (Å²) in [7, 11) is 0. The summed E-state index contributed by atoms with van der Waals surface area (Å²) < 4.78 is 17.2. The van der Waals surface area contributed by atoms with Gasteiger partial charge in [0, 0.05) is 24.6 Å². The van der Waals surface area contributed by atoms with Gasteiger partial charge >= 0.3 is 11.9 Å². The average molecular weight is 453 g/mol. The third kappa shape index (κ3) is 5.98. The molecule has 8 nitrogen and oxygen atoms in total. The summed E-state index contributed by atoms with van der Waals surface area (Å²) >= 11 is 0. The van der Waals surface area contributed by atoms with E-state index in [1.54, 1.807) is 49.5 Å². The van der Waals surface area contributed by atoms with Crippen molar-refractivity contribution in [2.75, 3.05) is 6.61 Å². The zero-order valence-corrected chi connectivity index (χ0v) is 18.8. The number of carbonyl (C=O) groups is 2. The van der Waals surface area contributed by atoms with Gasteiger partial charge in [-0.05, 0) is 50.6 Å². The molecule has 0 aliphatic rings. The maximum atomic E-state index is 11.6. The van der Waals surface area contributed by atoms with Crippen LogP contribution in [0.15, 0.2) is 48.7 Å². The maximum absolute atomic E-state index is 11.6. The van der Waals surface area contributed by atoms with Crippen molar-refractivity contribution in [2.24, 2.45) is 0 Å². The number of hydrogen-bond acceptors (Lipinski definition) is 6. The monoisotopic (exact) mass is 453 g/mol. The number of nitrogens with zero attached hydrogens (tertiary/aromatic N) is 1. The molecule has 174 valence electrons. The molecule has 8 heteroatoms. The predicted octanol–water partition coefficient (Wildman–Crippen LogP) is 4.33. The largest absolute Gasteiger partial charge is 0.490 e. The second-order valence-corrected chi connectivity index (χ2v) is 7.71. The first-order chi connectivity index (χ1) is 15.8. The Hall–Kier alpha value is -3.65.